The summed E-state index contributed by atoms with van der Waals surface area (Å²) in [5.41, 5.74) is 2.82. The van der Waals surface area contributed by atoms with Crippen molar-refractivity contribution in [3.8, 4) is 0 Å². The molecule has 1 aromatic carbocycles. The quantitative estimate of drug-likeness (QED) is 0.636. The summed E-state index contributed by atoms with van der Waals surface area (Å²) < 4.78 is 5.12. The summed E-state index contributed by atoms with van der Waals surface area (Å²) in [5.74, 6) is 0.0556. The second kappa shape index (κ2) is 7.69. The van der Waals surface area contributed by atoms with Gasteiger partial charge in [-0.15, -0.1) is 5.10 Å². The van der Waals surface area contributed by atoms with Crippen LogP contribution in [-0.2, 0) is 6.42 Å². The molecule has 0 spiro atoms. The number of amides is 1. The molecule has 0 bridgehead atoms. The second-order valence-electron chi connectivity index (χ2n) is 6.59. The van der Waals surface area contributed by atoms with E-state index in [1.807, 2.05) is 24.0 Å². The molecule has 6 nitrogen and oxygen atoms in total. The maximum atomic E-state index is 12.8. The molecule has 2 aromatic heterocycles. The van der Waals surface area contributed by atoms with Crippen molar-refractivity contribution in [1.82, 2.24) is 19.5 Å². The number of carbonyl (C=O) groups is 1. The fraction of sp³-hybridized carbons (Fsp3) is 0.444. The van der Waals surface area contributed by atoms with Crippen molar-refractivity contribution >= 4 is 55.7 Å². The first kappa shape index (κ1) is 18.6. The molecule has 0 saturated carbocycles. The van der Waals surface area contributed by atoms with Gasteiger partial charge in [0.25, 0.3) is 5.91 Å². The number of piperazine rings is 1. The lowest BCUT2D eigenvalue weighted by molar-refractivity contribution is 0.0750. The minimum Gasteiger partial charge on any atom is -0.345 e. The fourth-order valence-electron chi connectivity index (χ4n) is 3.24. The molecule has 1 fully saturated rings. The third-order valence-electron chi connectivity index (χ3n) is 4.81. The highest BCUT2D eigenvalue weighted by molar-refractivity contribution is 7.22. The lowest BCUT2D eigenvalue weighted by atomic mass is 10.2. The van der Waals surface area contributed by atoms with Crippen LogP contribution in [0.15, 0.2) is 12.1 Å². The highest BCUT2D eigenvalue weighted by atomic mass is 35.5. The fourth-order valence-corrected chi connectivity index (χ4v) is 5.15. The van der Waals surface area contributed by atoms with Gasteiger partial charge in [-0.1, -0.05) is 40.8 Å². The molecule has 9 heteroatoms. The Kier molecular flexibility index (Phi) is 5.29. The number of benzene rings is 1. The van der Waals surface area contributed by atoms with E-state index in [4.69, 9.17) is 16.6 Å². The Labute approximate surface area is 170 Å². The predicted octanol–water partition coefficient (Wildman–Crippen LogP) is 4.02. The van der Waals surface area contributed by atoms with Crippen LogP contribution in [-0.4, -0.2) is 51.6 Å². The molecule has 0 atom stereocenters. The van der Waals surface area contributed by atoms with Crippen LogP contribution in [0.5, 0.6) is 0 Å². The number of anilines is 1. The van der Waals surface area contributed by atoms with Gasteiger partial charge in [0.05, 0.1) is 15.9 Å². The smallest absolute Gasteiger partial charge is 0.267 e. The van der Waals surface area contributed by atoms with Gasteiger partial charge in [-0.25, -0.2) is 4.98 Å². The molecule has 4 rings (SSSR count). The van der Waals surface area contributed by atoms with E-state index in [1.54, 1.807) is 11.3 Å². The van der Waals surface area contributed by atoms with E-state index in [0.717, 1.165) is 57.6 Å². The van der Waals surface area contributed by atoms with E-state index in [-0.39, 0.29) is 5.91 Å². The van der Waals surface area contributed by atoms with E-state index in [0.29, 0.717) is 18.0 Å². The summed E-state index contributed by atoms with van der Waals surface area (Å²) in [4.78, 5) is 22.5. The minimum atomic E-state index is 0.0556. The van der Waals surface area contributed by atoms with E-state index >= 15 is 0 Å². The average molecular weight is 422 g/mol. The zero-order chi connectivity index (χ0) is 19.0. The van der Waals surface area contributed by atoms with Crippen LogP contribution in [0.3, 0.4) is 0 Å². The minimum absolute atomic E-state index is 0.0556. The molecule has 1 aliphatic rings. The third-order valence-corrected chi connectivity index (χ3v) is 7.06. The standard InChI is InChI=1S/C18H20ClN5OS2/c1-3-4-13-16(27-22-21-13)17(25)23-7-9-24(10-8-23)18-20-15-11(2)12(19)5-6-14(15)26-18/h5-6H,3-4,7-10H2,1-2H3. The number of halogens is 1. The van der Waals surface area contributed by atoms with Gasteiger partial charge < -0.3 is 9.80 Å². The van der Waals surface area contributed by atoms with Crippen molar-refractivity contribution in [2.75, 3.05) is 31.1 Å². The van der Waals surface area contributed by atoms with Crippen molar-refractivity contribution in [2.24, 2.45) is 0 Å². The Balaban J connectivity index is 1.47. The summed E-state index contributed by atoms with van der Waals surface area (Å²) in [6.07, 6.45) is 1.76. The Morgan fingerprint density at radius 2 is 2.04 bits per heavy atom. The first-order chi connectivity index (χ1) is 13.1. The van der Waals surface area contributed by atoms with Crippen molar-refractivity contribution in [2.45, 2.75) is 26.7 Å². The average Bonchev–Trinajstić information content (AvgIpc) is 3.32. The van der Waals surface area contributed by atoms with Gasteiger partial charge in [-0.3, -0.25) is 4.79 Å². The van der Waals surface area contributed by atoms with Gasteiger partial charge in [0.2, 0.25) is 0 Å². The first-order valence-electron chi connectivity index (χ1n) is 8.99. The van der Waals surface area contributed by atoms with Crippen LogP contribution in [0.25, 0.3) is 10.2 Å². The van der Waals surface area contributed by atoms with Gasteiger partial charge in [0.15, 0.2) is 5.13 Å². The molecule has 0 aliphatic carbocycles. The molecule has 1 amide bonds. The number of carbonyl (C=O) groups excluding carboxylic acids is 1. The van der Waals surface area contributed by atoms with Gasteiger partial charge in [-0.05, 0) is 42.6 Å². The molecule has 1 saturated heterocycles. The van der Waals surface area contributed by atoms with Crippen molar-refractivity contribution in [3.05, 3.63) is 33.3 Å². The number of aromatic nitrogens is 3. The lowest BCUT2D eigenvalue weighted by Crippen LogP contribution is -2.48. The number of hydrogen-bond donors (Lipinski definition) is 0. The summed E-state index contributed by atoms with van der Waals surface area (Å²) in [5, 5.41) is 5.86. The monoisotopic (exact) mass is 421 g/mol. The van der Waals surface area contributed by atoms with Crippen LogP contribution in [0.2, 0.25) is 5.02 Å². The van der Waals surface area contributed by atoms with Gasteiger partial charge in [-0.2, -0.15) is 0 Å². The molecule has 0 N–H and O–H groups in total. The van der Waals surface area contributed by atoms with E-state index in [9.17, 15) is 4.79 Å². The summed E-state index contributed by atoms with van der Waals surface area (Å²) in [7, 11) is 0. The van der Waals surface area contributed by atoms with E-state index in [1.165, 1.54) is 11.5 Å². The Morgan fingerprint density at radius 1 is 1.26 bits per heavy atom. The normalized spacial score (nSPS) is 14.9. The number of nitrogens with zero attached hydrogens (tertiary/aromatic N) is 5. The van der Waals surface area contributed by atoms with Gasteiger partial charge >= 0.3 is 0 Å². The Hall–Kier alpha value is -1.77. The molecule has 1 aliphatic heterocycles. The molecule has 142 valence electrons. The SMILES string of the molecule is CCCc1nnsc1C(=O)N1CCN(c2nc3c(C)c(Cl)ccc3s2)CC1. The maximum absolute atomic E-state index is 12.8. The molecule has 0 radical (unpaired) electrons. The number of aryl methyl sites for hydroxylation is 2. The molecule has 3 aromatic rings. The van der Waals surface area contributed by atoms with Crippen LogP contribution in [0.4, 0.5) is 5.13 Å². The van der Waals surface area contributed by atoms with Crippen molar-refractivity contribution in [3.63, 3.8) is 0 Å². The number of hydrogen-bond acceptors (Lipinski definition) is 7. The van der Waals surface area contributed by atoms with Gasteiger partial charge in [0, 0.05) is 31.2 Å². The molecular weight excluding hydrogens is 402 g/mol. The van der Waals surface area contributed by atoms with Crippen LogP contribution >= 0.6 is 34.5 Å². The zero-order valence-corrected chi connectivity index (χ0v) is 17.6. The number of thiazole rings is 1. The maximum Gasteiger partial charge on any atom is 0.267 e. The highest BCUT2D eigenvalue weighted by Gasteiger charge is 2.27. The number of fused-ring (bicyclic) bond motifs is 1. The van der Waals surface area contributed by atoms with Crippen LogP contribution in [0.1, 0.15) is 34.3 Å². The van der Waals surface area contributed by atoms with Crippen molar-refractivity contribution < 1.29 is 4.79 Å². The van der Waals surface area contributed by atoms with Crippen molar-refractivity contribution in [1.29, 1.82) is 0 Å². The van der Waals surface area contributed by atoms with Crippen LogP contribution < -0.4 is 4.90 Å². The molecule has 0 unspecified atom stereocenters. The predicted molar refractivity (Wildman–Crippen MR) is 111 cm³/mol. The molecular formula is C18H20ClN5OS2. The van der Waals surface area contributed by atoms with E-state index < -0.39 is 0 Å². The van der Waals surface area contributed by atoms with Crippen LogP contribution in [0, 0.1) is 6.92 Å². The Bertz CT molecular complexity index is 977. The Morgan fingerprint density at radius 3 is 2.78 bits per heavy atom. The first-order valence-corrected chi connectivity index (χ1v) is 11.0. The topological polar surface area (TPSA) is 62.2 Å². The summed E-state index contributed by atoms with van der Waals surface area (Å²) >= 11 is 9.10. The largest absolute Gasteiger partial charge is 0.345 e. The number of rotatable bonds is 4. The van der Waals surface area contributed by atoms with E-state index in [2.05, 4.69) is 21.4 Å². The lowest BCUT2D eigenvalue weighted by Gasteiger charge is -2.34. The summed E-state index contributed by atoms with van der Waals surface area (Å²) in [6, 6.07) is 3.95. The highest BCUT2D eigenvalue weighted by Crippen LogP contribution is 2.34. The zero-order valence-electron chi connectivity index (χ0n) is 15.2. The molecule has 3 heterocycles. The summed E-state index contributed by atoms with van der Waals surface area (Å²) in [6.45, 7) is 6.98. The van der Waals surface area contributed by atoms with Gasteiger partial charge in [0.1, 0.15) is 4.88 Å². The molecule has 27 heavy (non-hydrogen) atoms. The second-order valence-corrected chi connectivity index (χ2v) is 8.76. The third kappa shape index (κ3) is 3.53.